The zero-order valence-corrected chi connectivity index (χ0v) is 32.0. The number of rotatable bonds is 13. The summed E-state index contributed by atoms with van der Waals surface area (Å²) in [4.78, 5) is 31.5. The molecule has 2 aliphatic rings. The molecule has 8 rings (SSSR count). The lowest BCUT2D eigenvalue weighted by Crippen LogP contribution is -2.37. The first-order chi connectivity index (χ1) is 28.3. The van der Waals surface area contributed by atoms with E-state index in [2.05, 4.69) is 56.1 Å². The molecule has 296 valence electrons. The fourth-order valence-corrected chi connectivity index (χ4v) is 6.87. The summed E-state index contributed by atoms with van der Waals surface area (Å²) < 4.78 is 46.6. The zero-order valence-electron chi connectivity index (χ0n) is 31.2. The highest BCUT2D eigenvalue weighted by Crippen LogP contribution is 2.27. The van der Waals surface area contributed by atoms with Gasteiger partial charge < -0.3 is 40.5 Å². The number of hydrogen-bond acceptors (Lipinski definition) is 16. The third-order valence-electron chi connectivity index (χ3n) is 9.06. The third-order valence-corrected chi connectivity index (χ3v) is 9.97. The van der Waals surface area contributed by atoms with Gasteiger partial charge in [-0.2, -0.15) is 38.3 Å². The summed E-state index contributed by atoms with van der Waals surface area (Å²) in [7, 11) is -4.63. The molecule has 17 nitrogen and oxygen atoms in total. The monoisotopic (exact) mass is 800 g/mol. The van der Waals surface area contributed by atoms with Crippen LogP contribution in [0.5, 0.6) is 0 Å². The van der Waals surface area contributed by atoms with Crippen LogP contribution in [0, 0.1) is 0 Å². The van der Waals surface area contributed by atoms with Crippen molar-refractivity contribution in [2.45, 2.75) is 4.90 Å². The van der Waals surface area contributed by atoms with Gasteiger partial charge in [0, 0.05) is 48.9 Å². The normalized spacial score (nSPS) is 14.6. The fraction of sp³-hybridized carbons (Fsp3) is 0.200. The Hall–Kier alpha value is -6.73. The number of ether oxygens (including phenoxy) is 2. The highest BCUT2D eigenvalue weighted by atomic mass is 32.2. The number of para-hydroxylation sites is 2. The van der Waals surface area contributed by atoms with Crippen LogP contribution in [0.4, 0.5) is 58.4 Å². The minimum absolute atomic E-state index is 0.186. The van der Waals surface area contributed by atoms with E-state index >= 15 is 0 Å². The molecule has 0 spiro atoms. The van der Waals surface area contributed by atoms with Gasteiger partial charge in [0.05, 0.1) is 26.4 Å². The van der Waals surface area contributed by atoms with Crippen molar-refractivity contribution < 1.29 is 22.4 Å². The van der Waals surface area contributed by atoms with E-state index in [0.717, 1.165) is 22.6 Å². The van der Waals surface area contributed by atoms with E-state index < -0.39 is 10.1 Å². The van der Waals surface area contributed by atoms with Crippen LogP contribution in [-0.2, 0) is 19.6 Å². The van der Waals surface area contributed by atoms with Crippen molar-refractivity contribution in [2.24, 2.45) is 0 Å². The first kappa shape index (κ1) is 38.2. The first-order valence-corrected chi connectivity index (χ1v) is 20.0. The van der Waals surface area contributed by atoms with Crippen LogP contribution < -0.4 is 31.1 Å². The number of aromatic nitrogens is 6. The van der Waals surface area contributed by atoms with E-state index in [4.69, 9.17) is 9.47 Å². The zero-order chi connectivity index (χ0) is 39.7. The molecule has 2 saturated heterocycles. The largest absolute Gasteiger partial charge is 0.378 e. The molecule has 0 saturated carbocycles. The van der Waals surface area contributed by atoms with Gasteiger partial charge in [-0.25, -0.2) is 0 Å². The van der Waals surface area contributed by atoms with Crippen LogP contribution in [-0.4, -0.2) is 95.5 Å². The van der Waals surface area contributed by atoms with Crippen LogP contribution in [0.15, 0.2) is 108 Å². The highest BCUT2D eigenvalue weighted by molar-refractivity contribution is 7.86. The Morgan fingerprint density at radius 3 is 1.38 bits per heavy atom. The lowest BCUT2D eigenvalue weighted by atomic mass is 10.1. The van der Waals surface area contributed by atoms with Gasteiger partial charge in [0.1, 0.15) is 4.90 Å². The van der Waals surface area contributed by atoms with Gasteiger partial charge in [0.25, 0.3) is 10.1 Å². The van der Waals surface area contributed by atoms with E-state index in [0.29, 0.717) is 88.0 Å². The van der Waals surface area contributed by atoms with Crippen molar-refractivity contribution in [3.05, 3.63) is 114 Å². The summed E-state index contributed by atoms with van der Waals surface area (Å²) in [6.45, 7) is 4.78. The van der Waals surface area contributed by atoms with Gasteiger partial charge in [0.15, 0.2) is 0 Å². The number of hydrogen-bond donors (Lipinski definition) is 5. The molecular formula is C40H40N12O5S. The van der Waals surface area contributed by atoms with Gasteiger partial charge in [-0.15, -0.1) is 0 Å². The molecule has 18 heteroatoms. The smallest absolute Gasteiger partial charge is 0.295 e. The lowest BCUT2D eigenvalue weighted by Gasteiger charge is -2.27. The van der Waals surface area contributed by atoms with Crippen molar-refractivity contribution >= 4 is 80.7 Å². The summed E-state index contributed by atoms with van der Waals surface area (Å²) >= 11 is 0. The summed E-state index contributed by atoms with van der Waals surface area (Å²) in [5, 5.41) is 12.8. The predicted molar refractivity (Wildman–Crippen MR) is 223 cm³/mol. The number of morpholine rings is 2. The molecule has 0 atom stereocenters. The second-order valence-corrected chi connectivity index (χ2v) is 14.6. The Balaban J connectivity index is 0.994. The Morgan fingerprint density at radius 1 is 0.517 bits per heavy atom. The summed E-state index contributed by atoms with van der Waals surface area (Å²) in [6, 6.07) is 31.2. The minimum Gasteiger partial charge on any atom is -0.378 e. The fourth-order valence-electron chi connectivity index (χ4n) is 6.16. The van der Waals surface area contributed by atoms with Gasteiger partial charge >= 0.3 is 0 Å². The minimum atomic E-state index is -4.63. The summed E-state index contributed by atoms with van der Waals surface area (Å²) in [5.74, 6) is 2.22. The summed E-state index contributed by atoms with van der Waals surface area (Å²) in [5.41, 5.74) is 3.78. The average Bonchev–Trinajstić information content (AvgIpc) is 3.24. The molecule has 2 aliphatic heterocycles. The van der Waals surface area contributed by atoms with Crippen molar-refractivity contribution in [2.75, 3.05) is 83.7 Å². The predicted octanol–water partition coefficient (Wildman–Crippen LogP) is 6.12. The van der Waals surface area contributed by atoms with Crippen LogP contribution in [0.25, 0.3) is 12.2 Å². The number of anilines is 10. The van der Waals surface area contributed by atoms with Gasteiger partial charge in [-0.05, 0) is 59.7 Å². The maximum Gasteiger partial charge on any atom is 0.295 e. The maximum atomic E-state index is 12.6. The topological polar surface area (TPSA) is 205 Å². The number of benzene rings is 4. The Kier molecular flexibility index (Phi) is 11.6. The van der Waals surface area contributed by atoms with E-state index in [1.165, 1.54) is 6.07 Å². The maximum absolute atomic E-state index is 12.6. The molecule has 58 heavy (non-hydrogen) atoms. The van der Waals surface area contributed by atoms with Crippen molar-refractivity contribution in [3.8, 4) is 0 Å². The molecule has 0 amide bonds. The molecule has 4 heterocycles. The Labute approximate surface area is 335 Å². The van der Waals surface area contributed by atoms with Crippen LogP contribution in [0.1, 0.15) is 11.1 Å². The summed E-state index contributed by atoms with van der Waals surface area (Å²) in [6.07, 6.45) is 3.38. The van der Waals surface area contributed by atoms with Crippen molar-refractivity contribution in [1.29, 1.82) is 0 Å². The van der Waals surface area contributed by atoms with Gasteiger partial charge in [0.2, 0.25) is 35.7 Å². The number of nitrogens with one attached hydrogen (secondary N) is 4. The molecule has 0 radical (unpaired) electrons. The average molecular weight is 801 g/mol. The second-order valence-electron chi connectivity index (χ2n) is 13.2. The third kappa shape index (κ3) is 9.98. The molecule has 6 aromatic rings. The highest BCUT2D eigenvalue weighted by Gasteiger charge is 2.20. The van der Waals surface area contributed by atoms with E-state index in [-0.39, 0.29) is 16.4 Å². The van der Waals surface area contributed by atoms with Gasteiger partial charge in [-0.1, -0.05) is 66.7 Å². The standard InChI is InChI=1S/C40H40N12O5S/c53-58(54,55)34-27-33(44-38-46-36(42-31-9-5-2-6-10-31)48-40(50-38)52-21-25-57-26-22-52)18-15-29(34)14-11-28-12-16-32(17-13-28)43-37-45-35(41-30-7-3-1-4-8-30)47-39(49-37)51-19-23-56-24-20-51/h1-18,27H,19-26H2,(H,53,54,55)(H2,41,43,45,47,49)(H2,42,44,46,48,50)/b14-11+. The molecule has 0 aliphatic carbocycles. The van der Waals surface area contributed by atoms with E-state index in [1.807, 2.05) is 89.8 Å². The van der Waals surface area contributed by atoms with Crippen molar-refractivity contribution in [3.63, 3.8) is 0 Å². The second kappa shape index (κ2) is 17.6. The van der Waals surface area contributed by atoms with Crippen LogP contribution in [0.2, 0.25) is 0 Å². The molecule has 0 unspecified atom stereocenters. The van der Waals surface area contributed by atoms with Crippen LogP contribution >= 0.6 is 0 Å². The Bertz CT molecular complexity index is 2470. The van der Waals surface area contributed by atoms with E-state index in [1.54, 1.807) is 24.3 Å². The van der Waals surface area contributed by atoms with Crippen molar-refractivity contribution in [1.82, 2.24) is 29.9 Å². The number of nitrogens with zero attached hydrogens (tertiary/aromatic N) is 8. The molecule has 2 fully saturated rings. The van der Waals surface area contributed by atoms with E-state index in [9.17, 15) is 13.0 Å². The molecule has 0 bridgehead atoms. The SMILES string of the molecule is O=S(=O)(O)c1cc(Nc2nc(Nc3ccccc3)nc(N3CCOCC3)n2)ccc1/C=C/c1ccc(Nc2nc(Nc3ccccc3)nc(N3CCOCC3)n2)cc1. The quantitative estimate of drug-likeness (QED) is 0.0659. The molecular weight excluding hydrogens is 761 g/mol. The van der Waals surface area contributed by atoms with Gasteiger partial charge in [-0.3, -0.25) is 4.55 Å². The lowest BCUT2D eigenvalue weighted by molar-refractivity contribution is 0.122. The Morgan fingerprint density at radius 2 is 0.931 bits per heavy atom. The molecule has 5 N–H and O–H groups in total. The first-order valence-electron chi connectivity index (χ1n) is 18.6. The van der Waals surface area contributed by atoms with Crippen LogP contribution in [0.3, 0.4) is 0 Å². The molecule has 4 aromatic carbocycles. The molecule has 2 aromatic heterocycles.